The van der Waals surface area contributed by atoms with E-state index in [0.717, 1.165) is 21.2 Å². The van der Waals surface area contributed by atoms with Crippen LogP contribution in [0.25, 0.3) is 28.3 Å². The average molecular weight is 387 g/mol. The molecule has 3 nitrogen and oxygen atoms in total. The highest BCUT2D eigenvalue weighted by Gasteiger charge is 2.16. The standard InChI is InChI=1S/C21H13BrN3/c22-18-13-7-12-17(14-18)21-24-19(15-8-3-1-4-9-15)23-20(25-21)16-10-5-2-6-11-16/h1-5,7-14H/q+1. The number of hydrogen-bond acceptors (Lipinski definition) is 3. The Hall–Kier alpha value is -2.94. The first-order valence-electron chi connectivity index (χ1n) is 7.83. The lowest BCUT2D eigenvalue weighted by molar-refractivity contribution is 1.04. The molecular formula is C21H13BrN3+. The van der Waals surface area contributed by atoms with E-state index in [1.165, 1.54) is 0 Å². The Balaban J connectivity index is 1.90. The normalized spacial score (nSPS) is 12.6. The average Bonchev–Trinajstić information content (AvgIpc) is 2.69. The predicted molar refractivity (Wildman–Crippen MR) is 103 cm³/mol. The molecule has 0 aliphatic heterocycles. The van der Waals surface area contributed by atoms with E-state index in [-0.39, 0.29) is 0 Å². The summed E-state index contributed by atoms with van der Waals surface area (Å²) in [6.07, 6.45) is 10.7. The van der Waals surface area contributed by atoms with Crippen LogP contribution in [0.2, 0.25) is 0 Å². The maximum Gasteiger partial charge on any atom is 0.223 e. The molecule has 118 valence electrons. The molecule has 1 aliphatic carbocycles. The summed E-state index contributed by atoms with van der Waals surface area (Å²) in [4.78, 5) is 14.0. The zero-order valence-electron chi connectivity index (χ0n) is 13.2. The van der Waals surface area contributed by atoms with Gasteiger partial charge in [0.2, 0.25) is 5.82 Å². The molecule has 1 aromatic heterocycles. The highest BCUT2D eigenvalue weighted by atomic mass is 79.9. The molecule has 3 aromatic rings. The molecule has 1 aliphatic rings. The second kappa shape index (κ2) is 6.89. The molecule has 0 atom stereocenters. The minimum Gasteiger partial charge on any atom is -0.208 e. The van der Waals surface area contributed by atoms with Gasteiger partial charge < -0.3 is 0 Å². The second-order valence-electron chi connectivity index (χ2n) is 5.47. The Kier molecular flexibility index (Phi) is 4.30. The Labute approximate surface area is 154 Å². The molecule has 0 saturated heterocycles. The van der Waals surface area contributed by atoms with E-state index < -0.39 is 0 Å². The molecule has 2 aromatic carbocycles. The molecule has 0 spiro atoms. The van der Waals surface area contributed by atoms with Crippen LogP contribution in [0.1, 0.15) is 5.82 Å². The number of rotatable bonds is 3. The third-order valence-corrected chi connectivity index (χ3v) is 4.21. The van der Waals surface area contributed by atoms with Gasteiger partial charge in [-0.05, 0) is 12.1 Å². The fourth-order valence-electron chi connectivity index (χ4n) is 2.51. The molecule has 1 heterocycles. The van der Waals surface area contributed by atoms with Gasteiger partial charge in [-0.3, -0.25) is 0 Å². The number of halogens is 1. The lowest BCUT2D eigenvalue weighted by atomic mass is 10.1. The molecule has 0 bridgehead atoms. The Morgan fingerprint density at radius 2 is 1.48 bits per heavy atom. The summed E-state index contributed by atoms with van der Waals surface area (Å²) >= 11 is 3.51. The quantitative estimate of drug-likeness (QED) is 0.574. The molecule has 25 heavy (non-hydrogen) atoms. The second-order valence-corrected chi connectivity index (χ2v) is 6.39. The first-order valence-corrected chi connectivity index (χ1v) is 8.63. The summed E-state index contributed by atoms with van der Waals surface area (Å²) in [6.45, 7) is 0. The summed E-state index contributed by atoms with van der Waals surface area (Å²) in [6, 6.07) is 17.9. The summed E-state index contributed by atoms with van der Waals surface area (Å²) in [7, 11) is 0. The highest BCUT2D eigenvalue weighted by molar-refractivity contribution is 9.10. The highest BCUT2D eigenvalue weighted by Crippen LogP contribution is 2.25. The van der Waals surface area contributed by atoms with Crippen molar-refractivity contribution < 1.29 is 0 Å². The van der Waals surface area contributed by atoms with Crippen molar-refractivity contribution in [2.75, 3.05) is 0 Å². The van der Waals surface area contributed by atoms with E-state index in [4.69, 9.17) is 0 Å². The molecule has 0 fully saturated rings. The fourth-order valence-corrected chi connectivity index (χ4v) is 2.91. The van der Waals surface area contributed by atoms with Gasteiger partial charge >= 0.3 is 0 Å². The molecule has 0 saturated carbocycles. The molecule has 0 N–H and O–H groups in total. The minimum atomic E-state index is 0.640. The predicted octanol–water partition coefficient (Wildman–Crippen LogP) is 5.28. The number of nitrogens with zero attached hydrogens (tertiary/aromatic N) is 3. The van der Waals surface area contributed by atoms with Gasteiger partial charge in [0, 0.05) is 27.8 Å². The topological polar surface area (TPSA) is 38.7 Å². The summed E-state index contributed by atoms with van der Waals surface area (Å²) in [5.41, 5.74) is 2.82. The van der Waals surface area contributed by atoms with E-state index >= 15 is 0 Å². The lowest BCUT2D eigenvalue weighted by Gasteiger charge is -2.07. The van der Waals surface area contributed by atoms with Crippen molar-refractivity contribution in [1.29, 1.82) is 0 Å². The van der Waals surface area contributed by atoms with E-state index in [0.29, 0.717) is 17.5 Å². The first-order chi connectivity index (χ1) is 12.3. The Morgan fingerprint density at radius 1 is 0.760 bits per heavy atom. The van der Waals surface area contributed by atoms with Crippen molar-refractivity contribution in [3.63, 3.8) is 0 Å². The van der Waals surface area contributed by atoms with E-state index in [2.05, 4.69) is 37.0 Å². The van der Waals surface area contributed by atoms with E-state index in [9.17, 15) is 0 Å². The van der Waals surface area contributed by atoms with Crippen LogP contribution in [0.3, 0.4) is 0 Å². The number of hydrogen-bond donors (Lipinski definition) is 0. The van der Waals surface area contributed by atoms with Crippen LogP contribution in [-0.2, 0) is 0 Å². The van der Waals surface area contributed by atoms with Crippen LogP contribution in [-0.4, -0.2) is 15.0 Å². The van der Waals surface area contributed by atoms with Crippen LogP contribution in [0.4, 0.5) is 0 Å². The van der Waals surface area contributed by atoms with Crippen molar-refractivity contribution in [3.8, 4) is 22.8 Å². The minimum absolute atomic E-state index is 0.640. The molecule has 0 amide bonds. The van der Waals surface area contributed by atoms with Crippen LogP contribution >= 0.6 is 15.9 Å². The molecule has 4 heteroatoms. The van der Waals surface area contributed by atoms with Gasteiger partial charge in [0.05, 0.1) is 6.08 Å². The Morgan fingerprint density at radius 3 is 2.20 bits per heavy atom. The van der Waals surface area contributed by atoms with E-state index in [1.54, 1.807) is 0 Å². The van der Waals surface area contributed by atoms with Crippen LogP contribution in [0.15, 0.2) is 83.4 Å². The number of benzene rings is 2. The number of aromatic nitrogens is 3. The van der Waals surface area contributed by atoms with Crippen LogP contribution in [0.5, 0.6) is 0 Å². The summed E-state index contributed by atoms with van der Waals surface area (Å²) in [5, 5.41) is 0. The third-order valence-electron chi connectivity index (χ3n) is 3.72. The van der Waals surface area contributed by atoms with Crippen LogP contribution < -0.4 is 0 Å². The third kappa shape index (κ3) is 3.45. The molecule has 4 rings (SSSR count). The molecule has 0 unspecified atom stereocenters. The zero-order valence-corrected chi connectivity index (χ0v) is 14.8. The first kappa shape index (κ1) is 15.6. The van der Waals surface area contributed by atoms with Gasteiger partial charge in [0.1, 0.15) is 17.7 Å². The van der Waals surface area contributed by atoms with Crippen molar-refractivity contribution in [3.05, 3.63) is 95.3 Å². The van der Waals surface area contributed by atoms with Gasteiger partial charge in [0.15, 0.2) is 11.6 Å². The van der Waals surface area contributed by atoms with E-state index in [1.807, 2.05) is 78.9 Å². The smallest absolute Gasteiger partial charge is 0.208 e. The van der Waals surface area contributed by atoms with Gasteiger partial charge in [0.25, 0.3) is 0 Å². The van der Waals surface area contributed by atoms with Gasteiger partial charge in [-0.1, -0.05) is 58.4 Å². The van der Waals surface area contributed by atoms with Gasteiger partial charge in [-0.15, -0.1) is 0 Å². The summed E-state index contributed by atoms with van der Waals surface area (Å²) in [5.74, 6) is 1.94. The van der Waals surface area contributed by atoms with Crippen molar-refractivity contribution >= 4 is 21.5 Å². The summed E-state index contributed by atoms with van der Waals surface area (Å²) < 4.78 is 0.987. The largest absolute Gasteiger partial charge is 0.223 e. The fraction of sp³-hybridized carbons (Fsp3) is 0. The van der Waals surface area contributed by atoms with Gasteiger partial charge in [-0.2, -0.15) is 9.97 Å². The maximum atomic E-state index is 4.69. The van der Waals surface area contributed by atoms with Crippen molar-refractivity contribution in [1.82, 2.24) is 15.0 Å². The number of allylic oxidation sites excluding steroid dienone is 6. The SMILES string of the molecule is Brc1cccc(-c2nc(C3=CC=C[C+]=C3)nc(-c3ccccc3)n2)c1. The zero-order chi connectivity index (χ0) is 17.1. The molecule has 0 radical (unpaired) electrons. The monoisotopic (exact) mass is 386 g/mol. The Bertz CT molecular complexity index is 1000. The maximum absolute atomic E-state index is 4.69. The van der Waals surface area contributed by atoms with Gasteiger partial charge in [-0.25, -0.2) is 4.98 Å². The lowest BCUT2D eigenvalue weighted by Crippen LogP contribution is -2.02. The van der Waals surface area contributed by atoms with Crippen LogP contribution in [0, 0.1) is 6.08 Å². The van der Waals surface area contributed by atoms with Crippen molar-refractivity contribution in [2.45, 2.75) is 0 Å². The van der Waals surface area contributed by atoms with Crippen molar-refractivity contribution in [2.24, 2.45) is 0 Å². The molecular weight excluding hydrogens is 374 g/mol.